The number of fused-ring (bicyclic) bond motifs is 3. The number of Topliss-reactive ketones (excluding diaryl/α,β-unsaturated/α-hetero) is 1. The van der Waals surface area contributed by atoms with Crippen molar-refractivity contribution in [3.8, 4) is 0 Å². The zero-order valence-electron chi connectivity index (χ0n) is 9.74. The number of ketones is 1. The molecule has 0 aromatic carbocycles. The van der Waals surface area contributed by atoms with E-state index < -0.39 is 0 Å². The van der Waals surface area contributed by atoms with E-state index in [-0.39, 0.29) is 0 Å². The van der Waals surface area contributed by atoms with E-state index in [1.54, 1.807) is 0 Å². The second-order valence-electron chi connectivity index (χ2n) is 6.10. The van der Waals surface area contributed by atoms with Crippen LogP contribution < -0.4 is 0 Å². The highest BCUT2D eigenvalue weighted by Crippen LogP contribution is 2.54. The van der Waals surface area contributed by atoms with Crippen molar-refractivity contribution in [2.75, 3.05) is 0 Å². The van der Waals surface area contributed by atoms with Crippen LogP contribution in [0.15, 0.2) is 0 Å². The molecule has 84 valence electrons. The molecule has 0 aliphatic heterocycles. The molecule has 0 spiro atoms. The molecule has 5 atom stereocenters. The van der Waals surface area contributed by atoms with Crippen molar-refractivity contribution in [1.29, 1.82) is 0 Å². The molecule has 3 saturated carbocycles. The van der Waals surface area contributed by atoms with Gasteiger partial charge < -0.3 is 0 Å². The van der Waals surface area contributed by atoms with Crippen LogP contribution in [0.2, 0.25) is 0 Å². The van der Waals surface area contributed by atoms with Gasteiger partial charge in [-0.25, -0.2) is 0 Å². The van der Waals surface area contributed by atoms with Gasteiger partial charge in [-0.1, -0.05) is 19.8 Å². The molecular formula is C14H22O. The summed E-state index contributed by atoms with van der Waals surface area (Å²) in [6, 6.07) is 0. The molecule has 0 saturated heterocycles. The second kappa shape index (κ2) is 3.61. The molecule has 0 N–H and O–H groups in total. The van der Waals surface area contributed by atoms with Crippen LogP contribution in [0.4, 0.5) is 0 Å². The lowest BCUT2D eigenvalue weighted by atomic mass is 9.70. The number of carbonyl (C=O) groups is 1. The third-order valence-electron chi connectivity index (χ3n) is 5.44. The fraction of sp³-hybridized carbons (Fsp3) is 0.929. The molecule has 0 aromatic heterocycles. The van der Waals surface area contributed by atoms with Crippen molar-refractivity contribution >= 4 is 5.78 Å². The summed E-state index contributed by atoms with van der Waals surface area (Å²) in [7, 11) is 0. The zero-order valence-corrected chi connectivity index (χ0v) is 9.74. The van der Waals surface area contributed by atoms with E-state index in [0.717, 1.165) is 30.1 Å². The highest BCUT2D eigenvalue weighted by atomic mass is 16.1. The van der Waals surface area contributed by atoms with E-state index in [9.17, 15) is 4.79 Å². The minimum absolute atomic E-state index is 0.481. The van der Waals surface area contributed by atoms with Gasteiger partial charge >= 0.3 is 0 Å². The van der Waals surface area contributed by atoms with E-state index in [2.05, 4.69) is 6.92 Å². The lowest BCUT2D eigenvalue weighted by Crippen LogP contribution is -2.29. The Morgan fingerprint density at radius 2 is 1.80 bits per heavy atom. The first-order chi connectivity index (χ1) is 7.27. The minimum atomic E-state index is 0.481. The number of rotatable bonds is 0. The van der Waals surface area contributed by atoms with Gasteiger partial charge in [0, 0.05) is 12.3 Å². The lowest BCUT2D eigenvalue weighted by Gasteiger charge is -2.35. The average Bonchev–Trinajstić information content (AvgIpc) is 2.60. The van der Waals surface area contributed by atoms with E-state index in [0.29, 0.717) is 11.7 Å². The van der Waals surface area contributed by atoms with Crippen LogP contribution in [0, 0.1) is 29.6 Å². The normalized spacial score (nSPS) is 49.9. The Morgan fingerprint density at radius 1 is 1.00 bits per heavy atom. The molecule has 0 amide bonds. The zero-order chi connectivity index (χ0) is 10.4. The van der Waals surface area contributed by atoms with Crippen LogP contribution >= 0.6 is 0 Å². The minimum Gasteiger partial charge on any atom is -0.299 e. The number of hydrogen-bond acceptors (Lipinski definition) is 1. The molecule has 15 heavy (non-hydrogen) atoms. The monoisotopic (exact) mass is 206 g/mol. The van der Waals surface area contributed by atoms with Gasteiger partial charge in [0.15, 0.2) is 0 Å². The Hall–Kier alpha value is -0.330. The molecule has 0 aromatic rings. The molecule has 3 fully saturated rings. The fourth-order valence-electron chi connectivity index (χ4n) is 4.71. The fourth-order valence-corrected chi connectivity index (χ4v) is 4.71. The largest absolute Gasteiger partial charge is 0.299 e. The van der Waals surface area contributed by atoms with Gasteiger partial charge in [0.05, 0.1) is 0 Å². The van der Waals surface area contributed by atoms with E-state index >= 15 is 0 Å². The van der Waals surface area contributed by atoms with Crippen LogP contribution in [-0.4, -0.2) is 5.78 Å². The van der Waals surface area contributed by atoms with Crippen LogP contribution in [0.25, 0.3) is 0 Å². The third-order valence-corrected chi connectivity index (χ3v) is 5.44. The van der Waals surface area contributed by atoms with Crippen molar-refractivity contribution in [2.24, 2.45) is 29.6 Å². The number of carbonyl (C=O) groups excluding carboxylic acids is 1. The quantitative estimate of drug-likeness (QED) is 0.593. The Morgan fingerprint density at radius 3 is 2.67 bits per heavy atom. The van der Waals surface area contributed by atoms with Crippen LogP contribution in [0.1, 0.15) is 51.9 Å². The SMILES string of the molecule is CC1CCCC2C1CC1C(=O)CCCC12. The van der Waals surface area contributed by atoms with Gasteiger partial charge in [-0.2, -0.15) is 0 Å². The highest BCUT2D eigenvalue weighted by Gasteiger charge is 2.49. The second-order valence-corrected chi connectivity index (χ2v) is 6.10. The van der Waals surface area contributed by atoms with Crippen LogP contribution in [0.3, 0.4) is 0 Å². The van der Waals surface area contributed by atoms with E-state index in [1.807, 2.05) is 0 Å². The Bertz CT molecular complexity index is 271. The highest BCUT2D eigenvalue weighted by molar-refractivity contribution is 5.82. The maximum absolute atomic E-state index is 11.9. The first-order valence-corrected chi connectivity index (χ1v) is 6.80. The van der Waals surface area contributed by atoms with E-state index in [1.165, 1.54) is 38.5 Å². The smallest absolute Gasteiger partial charge is 0.136 e. The van der Waals surface area contributed by atoms with Crippen molar-refractivity contribution in [3.05, 3.63) is 0 Å². The summed E-state index contributed by atoms with van der Waals surface area (Å²) >= 11 is 0. The Kier molecular flexibility index (Phi) is 2.37. The van der Waals surface area contributed by atoms with Crippen LogP contribution in [0.5, 0.6) is 0 Å². The topological polar surface area (TPSA) is 17.1 Å². The number of hydrogen-bond donors (Lipinski definition) is 0. The van der Waals surface area contributed by atoms with Gasteiger partial charge in [0.25, 0.3) is 0 Å². The molecule has 5 unspecified atom stereocenters. The van der Waals surface area contributed by atoms with Crippen molar-refractivity contribution < 1.29 is 4.79 Å². The van der Waals surface area contributed by atoms with Crippen molar-refractivity contribution in [3.63, 3.8) is 0 Å². The summed E-state index contributed by atoms with van der Waals surface area (Å²) in [6.45, 7) is 2.42. The maximum atomic E-state index is 11.9. The predicted molar refractivity (Wildman–Crippen MR) is 60.5 cm³/mol. The van der Waals surface area contributed by atoms with Crippen LogP contribution in [-0.2, 0) is 4.79 Å². The van der Waals surface area contributed by atoms with Gasteiger partial charge in [-0.15, -0.1) is 0 Å². The van der Waals surface area contributed by atoms with Gasteiger partial charge in [-0.05, 0) is 49.4 Å². The summed E-state index contributed by atoms with van der Waals surface area (Å²) in [5, 5.41) is 0. The summed E-state index contributed by atoms with van der Waals surface area (Å²) in [5.74, 6) is 4.59. The first kappa shape index (κ1) is 9.86. The standard InChI is InChI=1S/C14H22O/c1-9-4-2-5-10-11-6-3-7-14(15)13(11)8-12(9)10/h9-13H,2-8H2,1H3. The average molecular weight is 206 g/mol. The van der Waals surface area contributed by atoms with Gasteiger partial charge in [-0.3, -0.25) is 4.79 Å². The summed E-state index contributed by atoms with van der Waals surface area (Å²) < 4.78 is 0. The molecule has 3 rings (SSSR count). The van der Waals surface area contributed by atoms with Crippen molar-refractivity contribution in [2.45, 2.75) is 51.9 Å². The van der Waals surface area contributed by atoms with Gasteiger partial charge in [0.1, 0.15) is 5.78 Å². The molecule has 0 bridgehead atoms. The predicted octanol–water partition coefficient (Wildman–Crippen LogP) is 3.43. The molecule has 3 aliphatic rings. The maximum Gasteiger partial charge on any atom is 0.136 e. The Labute approximate surface area is 92.6 Å². The molecule has 3 aliphatic carbocycles. The molecule has 0 radical (unpaired) electrons. The molecular weight excluding hydrogens is 184 g/mol. The summed E-state index contributed by atoms with van der Waals surface area (Å²) in [4.78, 5) is 11.9. The lowest BCUT2D eigenvalue weighted by molar-refractivity contribution is -0.126. The van der Waals surface area contributed by atoms with E-state index in [4.69, 9.17) is 0 Å². The summed E-state index contributed by atoms with van der Waals surface area (Å²) in [6.07, 6.45) is 8.91. The van der Waals surface area contributed by atoms with Gasteiger partial charge in [0.2, 0.25) is 0 Å². The molecule has 1 nitrogen and oxygen atoms in total. The van der Waals surface area contributed by atoms with Crippen molar-refractivity contribution in [1.82, 2.24) is 0 Å². The molecule has 1 heteroatoms. The Balaban J connectivity index is 1.84. The third kappa shape index (κ3) is 1.46. The summed E-state index contributed by atoms with van der Waals surface area (Å²) in [5.41, 5.74) is 0. The first-order valence-electron chi connectivity index (χ1n) is 6.80. The molecule has 0 heterocycles.